The average molecular weight is 533 g/mol. The zero-order valence-electron chi connectivity index (χ0n) is 19.0. The average Bonchev–Trinajstić information content (AvgIpc) is 3.54. The Balaban J connectivity index is 1.45. The molecule has 0 aliphatic carbocycles. The molecule has 1 aliphatic rings. The standard InChI is InChI=1S/C23H21ClN4O7S/c1-34-16-6-10-19(21(13-16)28(30)31)22-11-7-17(35-22)14-25-26-23(29)20-3-2-12-27(20)36(32,33)18-8-4-15(24)5-9-18/h4-11,13-14,20H,2-3,12H2,1H3,(H,26,29)/b25-14-/t20-/m0/s1. The van der Waals surface area contributed by atoms with E-state index in [0.29, 0.717) is 23.6 Å². The Morgan fingerprint density at radius 3 is 2.69 bits per heavy atom. The summed E-state index contributed by atoms with van der Waals surface area (Å²) >= 11 is 5.85. The molecule has 1 amide bonds. The van der Waals surface area contributed by atoms with Crippen molar-refractivity contribution < 1.29 is 27.3 Å². The number of amides is 1. The molecule has 36 heavy (non-hydrogen) atoms. The van der Waals surface area contributed by atoms with Gasteiger partial charge < -0.3 is 9.15 Å². The van der Waals surface area contributed by atoms with E-state index in [1.807, 2.05) is 0 Å². The van der Waals surface area contributed by atoms with Gasteiger partial charge in [0.25, 0.3) is 11.6 Å². The summed E-state index contributed by atoms with van der Waals surface area (Å²) in [4.78, 5) is 23.6. The number of hydrazone groups is 1. The summed E-state index contributed by atoms with van der Waals surface area (Å²) < 4.78 is 37.8. The fourth-order valence-corrected chi connectivity index (χ4v) is 5.61. The molecule has 0 saturated carbocycles. The van der Waals surface area contributed by atoms with E-state index >= 15 is 0 Å². The number of rotatable bonds is 8. The molecule has 1 fully saturated rings. The highest BCUT2D eigenvalue weighted by molar-refractivity contribution is 7.89. The molecule has 188 valence electrons. The minimum atomic E-state index is -3.89. The van der Waals surface area contributed by atoms with Crippen LogP contribution in [0.1, 0.15) is 18.6 Å². The second-order valence-electron chi connectivity index (χ2n) is 7.80. The van der Waals surface area contributed by atoms with Crippen LogP contribution in [-0.2, 0) is 14.8 Å². The number of carbonyl (C=O) groups is 1. The highest BCUT2D eigenvalue weighted by Gasteiger charge is 2.39. The van der Waals surface area contributed by atoms with Crippen LogP contribution in [-0.4, -0.2) is 49.5 Å². The van der Waals surface area contributed by atoms with Crippen LogP contribution in [0.4, 0.5) is 5.69 Å². The fourth-order valence-electron chi connectivity index (χ4n) is 3.83. The van der Waals surface area contributed by atoms with Crippen molar-refractivity contribution in [3.8, 4) is 17.1 Å². The number of nitro groups is 1. The van der Waals surface area contributed by atoms with E-state index in [1.165, 1.54) is 61.9 Å². The Morgan fingerprint density at radius 2 is 2.00 bits per heavy atom. The second kappa shape index (κ2) is 10.5. The zero-order valence-corrected chi connectivity index (χ0v) is 20.5. The number of nitrogens with one attached hydrogen (secondary N) is 1. The van der Waals surface area contributed by atoms with Gasteiger partial charge in [-0.3, -0.25) is 14.9 Å². The first-order valence-electron chi connectivity index (χ1n) is 10.7. The van der Waals surface area contributed by atoms with Gasteiger partial charge in [0.1, 0.15) is 23.3 Å². The van der Waals surface area contributed by atoms with Gasteiger partial charge >= 0.3 is 0 Å². The molecule has 1 N–H and O–H groups in total. The minimum Gasteiger partial charge on any atom is -0.497 e. The van der Waals surface area contributed by atoms with Crippen molar-refractivity contribution in [2.45, 2.75) is 23.8 Å². The highest BCUT2D eigenvalue weighted by Crippen LogP contribution is 2.34. The Kier molecular flexibility index (Phi) is 7.38. The van der Waals surface area contributed by atoms with Gasteiger partial charge in [0.15, 0.2) is 0 Å². The van der Waals surface area contributed by atoms with Gasteiger partial charge in [0.05, 0.1) is 34.8 Å². The largest absolute Gasteiger partial charge is 0.497 e. The first-order valence-corrected chi connectivity index (χ1v) is 12.6. The number of halogens is 1. The molecule has 0 unspecified atom stereocenters. The maximum atomic E-state index is 13.0. The molecule has 1 atom stereocenters. The monoisotopic (exact) mass is 532 g/mol. The Bertz CT molecular complexity index is 1420. The third kappa shape index (κ3) is 5.25. The number of carbonyl (C=O) groups excluding carboxylic acids is 1. The van der Waals surface area contributed by atoms with Crippen LogP contribution in [0.25, 0.3) is 11.3 Å². The first kappa shape index (κ1) is 25.4. The molecule has 0 spiro atoms. The van der Waals surface area contributed by atoms with Crippen molar-refractivity contribution in [2.24, 2.45) is 5.10 Å². The predicted octanol–water partition coefficient (Wildman–Crippen LogP) is 3.82. The maximum absolute atomic E-state index is 13.0. The summed E-state index contributed by atoms with van der Waals surface area (Å²) in [6.07, 6.45) is 2.10. The number of furan rings is 1. The van der Waals surface area contributed by atoms with E-state index in [1.54, 1.807) is 6.07 Å². The van der Waals surface area contributed by atoms with Crippen LogP contribution in [0.5, 0.6) is 5.75 Å². The maximum Gasteiger partial charge on any atom is 0.284 e. The summed E-state index contributed by atoms with van der Waals surface area (Å²) in [5, 5.41) is 15.7. The number of hydrogen-bond donors (Lipinski definition) is 1. The fraction of sp³-hybridized carbons (Fsp3) is 0.217. The van der Waals surface area contributed by atoms with Crippen molar-refractivity contribution in [1.29, 1.82) is 0 Å². The topological polar surface area (TPSA) is 144 Å². The molecule has 3 aromatic rings. The lowest BCUT2D eigenvalue weighted by atomic mass is 10.1. The van der Waals surface area contributed by atoms with E-state index in [4.69, 9.17) is 20.8 Å². The molecule has 1 saturated heterocycles. The molecule has 4 rings (SSSR count). The molecule has 2 heterocycles. The molecule has 1 aromatic heterocycles. The third-order valence-electron chi connectivity index (χ3n) is 5.59. The number of nitro benzene ring substituents is 1. The van der Waals surface area contributed by atoms with Gasteiger partial charge in [-0.15, -0.1) is 0 Å². The second-order valence-corrected chi connectivity index (χ2v) is 10.1. The van der Waals surface area contributed by atoms with Crippen LogP contribution in [0, 0.1) is 10.1 Å². The summed E-state index contributed by atoms with van der Waals surface area (Å²) in [6.45, 7) is 0.203. The third-order valence-corrected chi connectivity index (χ3v) is 7.76. The minimum absolute atomic E-state index is 0.0471. The van der Waals surface area contributed by atoms with E-state index < -0.39 is 26.9 Å². The van der Waals surface area contributed by atoms with Gasteiger partial charge in [0, 0.05) is 11.6 Å². The normalized spacial score (nSPS) is 16.3. The number of ether oxygens (including phenoxy) is 1. The number of methoxy groups -OCH3 is 1. The smallest absolute Gasteiger partial charge is 0.284 e. The van der Waals surface area contributed by atoms with Gasteiger partial charge in [0.2, 0.25) is 10.0 Å². The van der Waals surface area contributed by atoms with Crippen molar-refractivity contribution >= 4 is 39.4 Å². The lowest BCUT2D eigenvalue weighted by Crippen LogP contribution is -2.44. The van der Waals surface area contributed by atoms with Crippen LogP contribution in [0.2, 0.25) is 5.02 Å². The number of sulfonamides is 1. The van der Waals surface area contributed by atoms with E-state index in [9.17, 15) is 23.3 Å². The van der Waals surface area contributed by atoms with E-state index in [-0.39, 0.29) is 34.2 Å². The molecular formula is C23H21ClN4O7S. The molecule has 13 heteroatoms. The lowest BCUT2D eigenvalue weighted by molar-refractivity contribution is -0.384. The van der Waals surface area contributed by atoms with Gasteiger partial charge in [-0.1, -0.05) is 11.6 Å². The van der Waals surface area contributed by atoms with E-state index in [0.717, 1.165) is 4.31 Å². The Morgan fingerprint density at radius 1 is 1.25 bits per heavy atom. The summed E-state index contributed by atoms with van der Waals surface area (Å²) in [7, 11) is -2.48. The molecule has 2 aromatic carbocycles. The van der Waals surface area contributed by atoms with Crippen LogP contribution in [0.15, 0.2) is 69.0 Å². The lowest BCUT2D eigenvalue weighted by Gasteiger charge is -2.22. The van der Waals surface area contributed by atoms with E-state index in [2.05, 4.69) is 10.5 Å². The predicted molar refractivity (Wildman–Crippen MR) is 131 cm³/mol. The number of hydrogen-bond acceptors (Lipinski definition) is 8. The molecule has 11 nitrogen and oxygen atoms in total. The molecular weight excluding hydrogens is 512 g/mol. The highest BCUT2D eigenvalue weighted by atomic mass is 35.5. The van der Waals surface area contributed by atoms with Crippen molar-refractivity contribution in [3.05, 3.63) is 75.5 Å². The summed E-state index contributed by atoms with van der Waals surface area (Å²) in [5.41, 5.74) is 2.41. The summed E-state index contributed by atoms with van der Waals surface area (Å²) in [5.74, 6) is 0.208. The van der Waals surface area contributed by atoms with Gasteiger partial charge in [-0.25, -0.2) is 13.8 Å². The quantitative estimate of drug-likeness (QED) is 0.264. The van der Waals surface area contributed by atoms with Crippen LogP contribution < -0.4 is 10.2 Å². The van der Waals surface area contributed by atoms with Gasteiger partial charge in [-0.05, 0) is 61.4 Å². The first-order chi connectivity index (χ1) is 17.2. The molecule has 0 bridgehead atoms. The van der Waals surface area contributed by atoms with Crippen molar-refractivity contribution in [3.63, 3.8) is 0 Å². The Hall–Kier alpha value is -3.74. The number of benzene rings is 2. The van der Waals surface area contributed by atoms with Crippen molar-refractivity contribution in [1.82, 2.24) is 9.73 Å². The van der Waals surface area contributed by atoms with Gasteiger partial charge in [-0.2, -0.15) is 9.41 Å². The number of nitrogens with zero attached hydrogens (tertiary/aromatic N) is 3. The summed E-state index contributed by atoms with van der Waals surface area (Å²) in [6, 6.07) is 12.3. The Labute approximate surface area is 211 Å². The van der Waals surface area contributed by atoms with Crippen LogP contribution >= 0.6 is 11.6 Å². The molecule has 0 radical (unpaired) electrons. The van der Waals surface area contributed by atoms with Crippen LogP contribution in [0.3, 0.4) is 0 Å². The molecule has 1 aliphatic heterocycles. The van der Waals surface area contributed by atoms with Crippen molar-refractivity contribution in [2.75, 3.05) is 13.7 Å². The SMILES string of the molecule is COc1ccc(-c2ccc(/C=N\NC(=O)[C@@H]3CCCN3S(=O)(=O)c3ccc(Cl)cc3)o2)c([N+](=O)[O-])c1. The zero-order chi connectivity index (χ0) is 25.9.